The van der Waals surface area contributed by atoms with Gasteiger partial charge in [0.25, 0.3) is 0 Å². The van der Waals surface area contributed by atoms with E-state index in [-0.39, 0.29) is 6.61 Å². The Bertz CT molecular complexity index is 825. The van der Waals surface area contributed by atoms with Crippen molar-refractivity contribution in [3.63, 3.8) is 0 Å². The molecule has 0 bridgehead atoms. The molecule has 1 aliphatic rings. The van der Waals surface area contributed by atoms with Crippen molar-refractivity contribution in [2.75, 3.05) is 6.61 Å². The fourth-order valence-corrected chi connectivity index (χ4v) is 3.21. The third-order valence-electron chi connectivity index (χ3n) is 4.41. The maximum atomic E-state index is 11.9. The number of benzene rings is 1. The van der Waals surface area contributed by atoms with E-state index in [0.29, 0.717) is 5.75 Å². The normalized spacial score (nSPS) is 25.1. The molecule has 1 heterocycles. The molecule has 1 aliphatic heterocycles. The van der Waals surface area contributed by atoms with Crippen molar-refractivity contribution in [1.29, 1.82) is 0 Å². The number of rotatable bonds is 7. The van der Waals surface area contributed by atoms with Crippen LogP contribution in [-0.2, 0) is 38.1 Å². The van der Waals surface area contributed by atoms with Gasteiger partial charge in [-0.15, -0.1) is 0 Å². The molecule has 0 radical (unpaired) electrons. The van der Waals surface area contributed by atoms with E-state index in [0.717, 1.165) is 5.56 Å². The Balaban J connectivity index is 2.46. The molecule has 10 nitrogen and oxygen atoms in total. The highest BCUT2D eigenvalue weighted by Gasteiger charge is 2.52. The molecule has 0 aliphatic carbocycles. The highest BCUT2D eigenvalue weighted by molar-refractivity contribution is 5.73. The van der Waals surface area contributed by atoms with E-state index in [9.17, 15) is 19.2 Å². The molecular weight excluding hydrogens is 410 g/mol. The Morgan fingerprint density at radius 3 is 2.10 bits per heavy atom. The standard InChI is InChI=1S/C21H27NO9/c1-11-8-6-7-9-16(11)30-21-18(22-12(2)23)20(29-15(5)26)19(28-14(4)25)17(31-21)10-27-13(3)24/h6-9,17-21H,10H2,1-5H3,(H,22,23)/t17-,18+,19-,20+,21-/m1/s1. The van der Waals surface area contributed by atoms with Crippen LogP contribution in [0.15, 0.2) is 24.3 Å². The van der Waals surface area contributed by atoms with Crippen LogP contribution >= 0.6 is 0 Å². The minimum absolute atomic E-state index is 0.286. The molecule has 0 unspecified atom stereocenters. The van der Waals surface area contributed by atoms with Gasteiger partial charge in [-0.2, -0.15) is 0 Å². The number of aryl methyl sites for hydroxylation is 1. The Kier molecular flexibility index (Phi) is 8.38. The van der Waals surface area contributed by atoms with Gasteiger partial charge < -0.3 is 29.0 Å². The SMILES string of the molecule is CC(=O)N[C@@H]1[C@H](Oc2ccccc2C)O[C@H](COC(C)=O)[C@@H](OC(C)=O)[C@H]1OC(C)=O. The molecule has 1 saturated heterocycles. The zero-order chi connectivity index (χ0) is 23.1. The lowest BCUT2D eigenvalue weighted by Gasteiger charge is -2.44. The summed E-state index contributed by atoms with van der Waals surface area (Å²) in [5.74, 6) is -1.88. The lowest BCUT2D eigenvalue weighted by atomic mass is 9.96. The van der Waals surface area contributed by atoms with Gasteiger partial charge in [0.2, 0.25) is 12.2 Å². The summed E-state index contributed by atoms with van der Waals surface area (Å²) in [7, 11) is 0. The Hall–Kier alpha value is -3.14. The van der Waals surface area contributed by atoms with Gasteiger partial charge in [-0.25, -0.2) is 0 Å². The first kappa shape index (κ1) is 24.1. The lowest BCUT2D eigenvalue weighted by Crippen LogP contribution is -2.67. The molecule has 0 aromatic heterocycles. The van der Waals surface area contributed by atoms with Gasteiger partial charge in [0.15, 0.2) is 12.2 Å². The first-order valence-corrected chi connectivity index (χ1v) is 9.71. The van der Waals surface area contributed by atoms with Crippen LogP contribution < -0.4 is 10.1 Å². The zero-order valence-corrected chi connectivity index (χ0v) is 18.1. The molecule has 5 atom stereocenters. The molecular formula is C21H27NO9. The fraction of sp³-hybridized carbons (Fsp3) is 0.524. The predicted octanol–water partition coefficient (Wildman–Crippen LogP) is 1.03. The maximum absolute atomic E-state index is 11.9. The number of amides is 1. The average molecular weight is 437 g/mol. The Labute approximate surface area is 180 Å². The molecule has 0 saturated carbocycles. The van der Waals surface area contributed by atoms with Crippen molar-refractivity contribution in [1.82, 2.24) is 5.32 Å². The Morgan fingerprint density at radius 1 is 0.935 bits per heavy atom. The predicted molar refractivity (Wildman–Crippen MR) is 106 cm³/mol. The van der Waals surface area contributed by atoms with Crippen molar-refractivity contribution in [2.24, 2.45) is 0 Å². The van der Waals surface area contributed by atoms with Gasteiger partial charge in [-0.3, -0.25) is 19.2 Å². The molecule has 1 amide bonds. The van der Waals surface area contributed by atoms with Crippen molar-refractivity contribution in [3.8, 4) is 5.75 Å². The van der Waals surface area contributed by atoms with E-state index >= 15 is 0 Å². The van der Waals surface area contributed by atoms with Crippen molar-refractivity contribution in [3.05, 3.63) is 29.8 Å². The number of esters is 3. The second-order valence-electron chi connectivity index (χ2n) is 7.10. The number of carbonyl (C=O) groups is 4. The first-order valence-electron chi connectivity index (χ1n) is 9.71. The summed E-state index contributed by atoms with van der Waals surface area (Å²) in [5, 5.41) is 2.65. The third-order valence-corrected chi connectivity index (χ3v) is 4.41. The first-order chi connectivity index (χ1) is 14.6. The van der Waals surface area contributed by atoms with Crippen LogP contribution in [0.5, 0.6) is 5.75 Å². The van der Waals surface area contributed by atoms with Crippen LogP contribution in [0.1, 0.15) is 33.3 Å². The molecule has 10 heteroatoms. The van der Waals surface area contributed by atoms with E-state index in [2.05, 4.69) is 5.32 Å². The molecule has 1 aromatic carbocycles. The second kappa shape index (κ2) is 10.8. The summed E-state index contributed by atoms with van der Waals surface area (Å²) in [4.78, 5) is 46.8. The van der Waals surface area contributed by atoms with Crippen LogP contribution in [-0.4, -0.2) is 61.1 Å². The molecule has 31 heavy (non-hydrogen) atoms. The summed E-state index contributed by atoms with van der Waals surface area (Å²) in [5.41, 5.74) is 0.801. The number of ether oxygens (including phenoxy) is 5. The van der Waals surface area contributed by atoms with Gasteiger partial charge >= 0.3 is 17.9 Å². The third kappa shape index (κ3) is 6.95. The quantitative estimate of drug-likeness (QED) is 0.491. The largest absolute Gasteiger partial charge is 0.463 e. The number of nitrogens with one attached hydrogen (secondary N) is 1. The summed E-state index contributed by atoms with van der Waals surface area (Å²) >= 11 is 0. The number of carbonyl (C=O) groups excluding carboxylic acids is 4. The summed E-state index contributed by atoms with van der Waals surface area (Å²) < 4.78 is 27.8. The topological polar surface area (TPSA) is 126 Å². The highest BCUT2D eigenvalue weighted by atomic mass is 16.7. The number of hydrogen-bond donors (Lipinski definition) is 1. The van der Waals surface area contributed by atoms with Gasteiger partial charge in [0.05, 0.1) is 0 Å². The van der Waals surface area contributed by atoms with Crippen LogP contribution in [0.25, 0.3) is 0 Å². The number of hydrogen-bond acceptors (Lipinski definition) is 9. The van der Waals surface area contributed by atoms with Crippen molar-refractivity contribution < 1.29 is 42.9 Å². The van der Waals surface area contributed by atoms with Gasteiger partial charge in [0, 0.05) is 27.7 Å². The van der Waals surface area contributed by atoms with E-state index in [1.807, 2.05) is 19.1 Å². The fourth-order valence-electron chi connectivity index (χ4n) is 3.21. The zero-order valence-electron chi connectivity index (χ0n) is 18.1. The minimum Gasteiger partial charge on any atom is -0.463 e. The highest BCUT2D eigenvalue weighted by Crippen LogP contribution is 2.30. The minimum atomic E-state index is -1.16. The van der Waals surface area contributed by atoms with Crippen molar-refractivity contribution >= 4 is 23.8 Å². The van der Waals surface area contributed by atoms with Gasteiger partial charge in [-0.05, 0) is 18.6 Å². The van der Waals surface area contributed by atoms with E-state index < -0.39 is 54.5 Å². The molecule has 2 rings (SSSR count). The van der Waals surface area contributed by atoms with Crippen molar-refractivity contribution in [2.45, 2.75) is 65.3 Å². The molecule has 1 fully saturated rings. The molecule has 1 aromatic rings. The van der Waals surface area contributed by atoms with Gasteiger partial charge in [-0.1, -0.05) is 18.2 Å². The monoisotopic (exact) mass is 437 g/mol. The van der Waals surface area contributed by atoms with E-state index in [1.165, 1.54) is 27.7 Å². The summed E-state index contributed by atoms with van der Waals surface area (Å²) in [6.07, 6.45) is -4.47. The number of para-hydroxylation sites is 1. The summed E-state index contributed by atoms with van der Waals surface area (Å²) in [6.45, 7) is 6.40. The van der Waals surface area contributed by atoms with Crippen LogP contribution in [0.3, 0.4) is 0 Å². The van der Waals surface area contributed by atoms with Crippen LogP contribution in [0.4, 0.5) is 0 Å². The van der Waals surface area contributed by atoms with E-state index in [1.54, 1.807) is 12.1 Å². The second-order valence-corrected chi connectivity index (χ2v) is 7.10. The maximum Gasteiger partial charge on any atom is 0.303 e. The van der Waals surface area contributed by atoms with Crippen LogP contribution in [0, 0.1) is 6.92 Å². The smallest absolute Gasteiger partial charge is 0.303 e. The molecule has 1 N–H and O–H groups in total. The molecule has 170 valence electrons. The van der Waals surface area contributed by atoms with Gasteiger partial charge in [0.1, 0.15) is 24.5 Å². The summed E-state index contributed by atoms with van der Waals surface area (Å²) in [6, 6.07) is 6.12. The lowest BCUT2D eigenvalue weighted by molar-refractivity contribution is -0.257. The van der Waals surface area contributed by atoms with E-state index in [4.69, 9.17) is 23.7 Å². The molecule has 0 spiro atoms. The average Bonchev–Trinajstić information content (AvgIpc) is 2.65. The Morgan fingerprint density at radius 2 is 1.55 bits per heavy atom. The van der Waals surface area contributed by atoms with Crippen LogP contribution in [0.2, 0.25) is 0 Å².